The van der Waals surface area contributed by atoms with Crippen LogP contribution in [0.4, 0.5) is 0 Å². The topological polar surface area (TPSA) is 46.6 Å². The summed E-state index contributed by atoms with van der Waals surface area (Å²) in [5.41, 5.74) is 16.2. The molecular formula is C57H39N5. The lowest BCUT2D eigenvalue weighted by atomic mass is 9.98. The molecule has 0 unspecified atom stereocenters. The van der Waals surface area contributed by atoms with Crippen molar-refractivity contribution in [2.24, 2.45) is 9.98 Å². The van der Waals surface area contributed by atoms with Crippen molar-refractivity contribution in [1.29, 1.82) is 0 Å². The van der Waals surface area contributed by atoms with Crippen LogP contribution in [0.3, 0.4) is 0 Å². The molecule has 0 aliphatic carbocycles. The minimum Gasteiger partial charge on any atom is -0.336 e. The summed E-state index contributed by atoms with van der Waals surface area (Å²) in [6, 6.07) is 78.3. The van der Waals surface area contributed by atoms with Gasteiger partial charge in [0.05, 0.1) is 22.1 Å². The van der Waals surface area contributed by atoms with Gasteiger partial charge in [0.25, 0.3) is 0 Å². The fourth-order valence-electron chi connectivity index (χ4n) is 9.21. The van der Waals surface area contributed by atoms with E-state index in [1.165, 1.54) is 77.2 Å². The Labute approximate surface area is 359 Å². The van der Waals surface area contributed by atoms with Crippen molar-refractivity contribution < 1.29 is 0 Å². The molecule has 62 heavy (non-hydrogen) atoms. The molecular weight excluding hydrogens is 755 g/mol. The summed E-state index contributed by atoms with van der Waals surface area (Å²) in [5.74, 6) is 1.48. The maximum atomic E-state index is 5.14. The zero-order valence-electron chi connectivity index (χ0n) is 33.8. The molecule has 0 fully saturated rings. The van der Waals surface area contributed by atoms with Crippen LogP contribution in [0.2, 0.25) is 0 Å². The second-order valence-corrected chi connectivity index (χ2v) is 15.9. The predicted octanol–water partition coefficient (Wildman–Crippen LogP) is 13.8. The van der Waals surface area contributed by atoms with E-state index in [4.69, 9.17) is 9.98 Å². The number of hydrogen-bond acceptors (Lipinski definition) is 3. The third kappa shape index (κ3) is 6.10. The SMILES string of the molecule is c1ccc(-c2cccc(-c3ccc(C4=NCNC(n5c6ccccc6c6cc(-c7ccc(-c8ccc9c(c8)c8ccccc8n9-c8ccccc8)cc7)ccc65)=N4)cc3)c2)cc1. The molecule has 0 saturated carbocycles. The molecule has 1 aliphatic heterocycles. The minimum absolute atomic E-state index is 0.440. The summed E-state index contributed by atoms with van der Waals surface area (Å²) in [6.07, 6.45) is 0. The Morgan fingerprint density at radius 1 is 0.323 bits per heavy atom. The molecule has 12 rings (SSSR count). The van der Waals surface area contributed by atoms with Crippen molar-refractivity contribution >= 4 is 55.4 Å². The molecule has 5 nitrogen and oxygen atoms in total. The highest BCUT2D eigenvalue weighted by Crippen LogP contribution is 2.37. The smallest absolute Gasteiger partial charge is 0.211 e. The van der Waals surface area contributed by atoms with Crippen molar-refractivity contribution in [3.63, 3.8) is 0 Å². The lowest BCUT2D eigenvalue weighted by molar-refractivity contribution is 0.874. The van der Waals surface area contributed by atoms with E-state index in [1.807, 2.05) is 0 Å². The molecule has 0 radical (unpaired) electrons. The Morgan fingerprint density at radius 3 is 1.34 bits per heavy atom. The maximum absolute atomic E-state index is 5.14. The summed E-state index contributed by atoms with van der Waals surface area (Å²) >= 11 is 0. The van der Waals surface area contributed by atoms with Crippen LogP contribution < -0.4 is 5.32 Å². The number of fused-ring (bicyclic) bond motifs is 6. The van der Waals surface area contributed by atoms with Crippen LogP contribution in [-0.2, 0) is 0 Å². The van der Waals surface area contributed by atoms with Crippen LogP contribution in [0.15, 0.2) is 228 Å². The van der Waals surface area contributed by atoms with Crippen LogP contribution in [-0.4, -0.2) is 27.6 Å². The van der Waals surface area contributed by atoms with Gasteiger partial charge >= 0.3 is 0 Å². The Kier molecular flexibility index (Phi) is 8.49. The van der Waals surface area contributed by atoms with Gasteiger partial charge in [0.1, 0.15) is 6.67 Å². The quantitative estimate of drug-likeness (QED) is 0.179. The summed E-state index contributed by atoms with van der Waals surface area (Å²) in [6.45, 7) is 0.440. The molecule has 0 saturated heterocycles. The summed E-state index contributed by atoms with van der Waals surface area (Å²) in [4.78, 5) is 9.94. The highest BCUT2D eigenvalue weighted by atomic mass is 15.3. The van der Waals surface area contributed by atoms with E-state index in [1.54, 1.807) is 0 Å². The molecule has 0 spiro atoms. The van der Waals surface area contributed by atoms with Gasteiger partial charge in [-0.15, -0.1) is 0 Å². The number of aromatic nitrogens is 2. The second-order valence-electron chi connectivity index (χ2n) is 15.9. The first-order chi connectivity index (χ1) is 30.7. The van der Waals surface area contributed by atoms with Gasteiger partial charge in [-0.05, 0) is 99.1 Å². The first-order valence-electron chi connectivity index (χ1n) is 21.1. The van der Waals surface area contributed by atoms with E-state index in [-0.39, 0.29) is 0 Å². The number of nitrogens with zero attached hydrogens (tertiary/aromatic N) is 4. The van der Waals surface area contributed by atoms with Gasteiger partial charge in [-0.25, -0.2) is 4.99 Å². The standard InChI is InChI=1S/C57H39N5/c1-3-12-38(13-4-1)43-14-11-15-44(34-43)39-26-28-42(29-27-39)56-58-37-59-57(60-56)62-53-21-10-8-19-49(53)51-36-46(31-33-55(51)62)41-24-22-40(23-25-41)45-30-32-54-50(35-45)48-18-7-9-20-52(48)61(54)47-16-5-2-6-17-47/h1-36H,37H2,(H,58,59,60). The van der Waals surface area contributed by atoms with Crippen LogP contribution in [0.5, 0.6) is 0 Å². The Balaban J connectivity index is 0.851. The van der Waals surface area contributed by atoms with Gasteiger partial charge in [-0.3, -0.25) is 4.57 Å². The third-order valence-electron chi connectivity index (χ3n) is 12.2. The Hall–Kier alpha value is -8.28. The number of aliphatic imine (C=N–C) groups is 2. The number of hydrogen-bond donors (Lipinski definition) is 1. The molecule has 0 bridgehead atoms. The zero-order valence-corrected chi connectivity index (χ0v) is 33.8. The van der Waals surface area contributed by atoms with Crippen LogP contribution in [0.1, 0.15) is 5.56 Å². The van der Waals surface area contributed by atoms with Gasteiger partial charge in [0.2, 0.25) is 5.96 Å². The fraction of sp³-hybridized carbons (Fsp3) is 0.0175. The Morgan fingerprint density at radius 2 is 0.742 bits per heavy atom. The van der Waals surface area contributed by atoms with Gasteiger partial charge in [0, 0.05) is 32.8 Å². The monoisotopic (exact) mass is 793 g/mol. The molecule has 11 aromatic rings. The number of nitrogens with one attached hydrogen (secondary N) is 1. The summed E-state index contributed by atoms with van der Waals surface area (Å²) in [7, 11) is 0. The minimum atomic E-state index is 0.440. The number of para-hydroxylation sites is 3. The van der Waals surface area contributed by atoms with Crippen LogP contribution >= 0.6 is 0 Å². The molecule has 292 valence electrons. The summed E-state index contributed by atoms with van der Waals surface area (Å²) < 4.78 is 4.60. The summed E-state index contributed by atoms with van der Waals surface area (Å²) in [5, 5.41) is 8.35. The fourth-order valence-corrected chi connectivity index (χ4v) is 9.21. The first-order valence-corrected chi connectivity index (χ1v) is 21.1. The number of rotatable bonds is 6. The molecule has 2 aromatic heterocycles. The largest absolute Gasteiger partial charge is 0.336 e. The Bertz CT molecular complexity index is 3540. The number of benzene rings is 9. The average molecular weight is 794 g/mol. The second kappa shape index (κ2) is 14.8. The highest BCUT2D eigenvalue weighted by Gasteiger charge is 2.19. The van der Waals surface area contributed by atoms with Gasteiger partial charge < -0.3 is 9.88 Å². The van der Waals surface area contributed by atoms with E-state index < -0.39 is 0 Å². The van der Waals surface area contributed by atoms with Gasteiger partial charge in [0.15, 0.2) is 5.84 Å². The van der Waals surface area contributed by atoms with Crippen molar-refractivity contribution in [2.45, 2.75) is 0 Å². The molecule has 0 atom stereocenters. The predicted molar refractivity (Wildman–Crippen MR) is 259 cm³/mol. The van der Waals surface area contributed by atoms with Gasteiger partial charge in [-0.2, -0.15) is 4.99 Å². The van der Waals surface area contributed by atoms with E-state index in [2.05, 4.69) is 233 Å². The van der Waals surface area contributed by atoms with E-state index >= 15 is 0 Å². The lowest BCUT2D eigenvalue weighted by Crippen LogP contribution is -2.34. The molecule has 9 aromatic carbocycles. The van der Waals surface area contributed by atoms with Crippen molar-refractivity contribution in [2.75, 3.05) is 6.67 Å². The first kappa shape index (κ1) is 35.6. The van der Waals surface area contributed by atoms with Gasteiger partial charge in [-0.1, -0.05) is 164 Å². The zero-order chi connectivity index (χ0) is 41.0. The van der Waals surface area contributed by atoms with E-state index in [0.29, 0.717) is 12.5 Å². The van der Waals surface area contributed by atoms with Crippen molar-refractivity contribution in [3.8, 4) is 50.2 Å². The van der Waals surface area contributed by atoms with Crippen molar-refractivity contribution in [1.82, 2.24) is 14.5 Å². The molecule has 0 amide bonds. The molecule has 1 aliphatic rings. The molecule has 5 heteroatoms. The highest BCUT2D eigenvalue weighted by molar-refractivity contribution is 6.17. The lowest BCUT2D eigenvalue weighted by Gasteiger charge is -2.17. The average Bonchev–Trinajstić information content (AvgIpc) is 3.87. The van der Waals surface area contributed by atoms with Crippen LogP contribution in [0.25, 0.3) is 93.8 Å². The van der Waals surface area contributed by atoms with Crippen molar-refractivity contribution in [3.05, 3.63) is 224 Å². The molecule has 1 N–H and O–H groups in total. The normalized spacial score (nSPS) is 12.8. The maximum Gasteiger partial charge on any atom is 0.211 e. The van der Waals surface area contributed by atoms with E-state index in [9.17, 15) is 0 Å². The van der Waals surface area contributed by atoms with E-state index in [0.717, 1.165) is 28.1 Å². The third-order valence-corrected chi connectivity index (χ3v) is 12.2. The molecule has 3 heterocycles. The number of amidine groups is 1. The van der Waals surface area contributed by atoms with Crippen LogP contribution in [0, 0.1) is 0 Å².